The molecule has 1 unspecified atom stereocenters. The van der Waals surface area contributed by atoms with Crippen molar-refractivity contribution in [2.45, 2.75) is 10.3 Å². The normalized spacial score (nSPS) is 21.4. The first-order chi connectivity index (χ1) is 7.93. The number of nitrogens with one attached hydrogen (secondary N) is 1. The zero-order chi connectivity index (χ0) is 10.8. The Balaban J connectivity index is 1.85. The lowest BCUT2D eigenvalue weighted by molar-refractivity contribution is 0.0853. The van der Waals surface area contributed by atoms with Gasteiger partial charge < -0.3 is 10.1 Å². The van der Waals surface area contributed by atoms with Crippen LogP contribution in [-0.4, -0.2) is 30.1 Å². The van der Waals surface area contributed by atoms with Crippen LogP contribution in [0.15, 0.2) is 28.6 Å². The van der Waals surface area contributed by atoms with Crippen LogP contribution >= 0.6 is 23.1 Å². The molecule has 1 fully saturated rings. The monoisotopic (exact) mass is 252 g/mol. The average Bonchev–Trinajstić information content (AvgIpc) is 2.80. The van der Waals surface area contributed by atoms with E-state index in [0.29, 0.717) is 0 Å². The van der Waals surface area contributed by atoms with Crippen LogP contribution < -0.4 is 5.32 Å². The predicted octanol–water partition coefficient (Wildman–Crippen LogP) is 2.33. The van der Waals surface area contributed by atoms with Gasteiger partial charge in [0, 0.05) is 18.0 Å². The van der Waals surface area contributed by atoms with Crippen molar-refractivity contribution in [1.82, 2.24) is 10.3 Å². The van der Waals surface area contributed by atoms with Gasteiger partial charge in [0.05, 0.1) is 22.3 Å². The molecule has 0 saturated carbocycles. The predicted molar refractivity (Wildman–Crippen MR) is 68.1 cm³/mol. The van der Waals surface area contributed by atoms with Gasteiger partial charge in [-0.05, 0) is 12.1 Å². The smallest absolute Gasteiger partial charge is 0.120 e. The molecule has 5 heteroatoms. The van der Waals surface area contributed by atoms with E-state index >= 15 is 0 Å². The van der Waals surface area contributed by atoms with Gasteiger partial charge in [0.1, 0.15) is 5.44 Å². The first-order valence-electron chi connectivity index (χ1n) is 5.25. The molecule has 0 amide bonds. The summed E-state index contributed by atoms with van der Waals surface area (Å²) in [5.41, 5.74) is 3.21. The van der Waals surface area contributed by atoms with Gasteiger partial charge in [0.25, 0.3) is 0 Å². The number of ether oxygens (including phenoxy) is 1. The number of para-hydroxylation sites is 1. The van der Waals surface area contributed by atoms with Gasteiger partial charge in [-0.2, -0.15) is 0 Å². The summed E-state index contributed by atoms with van der Waals surface area (Å²) >= 11 is 3.44. The number of benzene rings is 1. The highest BCUT2D eigenvalue weighted by molar-refractivity contribution is 8.00. The van der Waals surface area contributed by atoms with Crippen LogP contribution in [0.1, 0.15) is 0 Å². The second-order valence-corrected chi connectivity index (χ2v) is 5.67. The molecule has 1 aromatic carbocycles. The largest absolute Gasteiger partial charge is 0.365 e. The second-order valence-electron chi connectivity index (χ2n) is 3.58. The minimum atomic E-state index is 0.209. The number of nitrogens with zero attached hydrogens (tertiary/aromatic N) is 1. The van der Waals surface area contributed by atoms with E-state index in [-0.39, 0.29) is 5.44 Å². The number of rotatable bonds is 2. The van der Waals surface area contributed by atoms with Crippen molar-refractivity contribution in [2.24, 2.45) is 0 Å². The molecule has 1 N–H and O–H groups in total. The molecule has 1 saturated heterocycles. The summed E-state index contributed by atoms with van der Waals surface area (Å²) in [5.74, 6) is 0. The van der Waals surface area contributed by atoms with Crippen molar-refractivity contribution in [1.29, 1.82) is 0 Å². The molecule has 0 bridgehead atoms. The summed E-state index contributed by atoms with van der Waals surface area (Å²) in [6.45, 7) is 2.66. The lowest BCUT2D eigenvalue weighted by Gasteiger charge is -2.22. The van der Waals surface area contributed by atoms with Crippen molar-refractivity contribution < 1.29 is 4.74 Å². The molecule has 1 aromatic heterocycles. The number of aromatic nitrogens is 1. The molecule has 3 rings (SSSR count). The fourth-order valence-electron chi connectivity index (χ4n) is 1.71. The summed E-state index contributed by atoms with van der Waals surface area (Å²) in [7, 11) is 0. The Morgan fingerprint density at radius 1 is 1.50 bits per heavy atom. The highest BCUT2D eigenvalue weighted by Crippen LogP contribution is 2.32. The zero-order valence-electron chi connectivity index (χ0n) is 8.68. The maximum atomic E-state index is 5.68. The SMILES string of the molecule is c1cc(SC2CNCCO2)c2ncsc2c1. The molecule has 0 radical (unpaired) electrons. The first-order valence-corrected chi connectivity index (χ1v) is 7.00. The molecular formula is C11H12N2OS2. The highest BCUT2D eigenvalue weighted by atomic mass is 32.2. The summed E-state index contributed by atoms with van der Waals surface area (Å²) in [4.78, 5) is 5.62. The minimum absolute atomic E-state index is 0.209. The van der Waals surface area contributed by atoms with Gasteiger partial charge in [0.15, 0.2) is 0 Å². The molecule has 1 aliphatic heterocycles. The van der Waals surface area contributed by atoms with Gasteiger partial charge in [0.2, 0.25) is 0 Å². The van der Waals surface area contributed by atoms with Crippen LogP contribution in [0.25, 0.3) is 10.2 Å². The van der Waals surface area contributed by atoms with E-state index in [1.165, 1.54) is 9.60 Å². The fourth-order valence-corrected chi connectivity index (χ4v) is 3.56. The zero-order valence-corrected chi connectivity index (χ0v) is 10.3. The van der Waals surface area contributed by atoms with Crippen LogP contribution in [0, 0.1) is 0 Å². The Hall–Kier alpha value is -0.620. The van der Waals surface area contributed by atoms with E-state index in [1.807, 2.05) is 5.51 Å². The third kappa shape index (κ3) is 2.08. The quantitative estimate of drug-likeness (QED) is 0.889. The van der Waals surface area contributed by atoms with E-state index in [0.717, 1.165) is 25.2 Å². The van der Waals surface area contributed by atoms with Gasteiger partial charge in [-0.1, -0.05) is 17.8 Å². The van der Waals surface area contributed by atoms with E-state index in [4.69, 9.17) is 4.74 Å². The van der Waals surface area contributed by atoms with Crippen molar-refractivity contribution in [3.63, 3.8) is 0 Å². The van der Waals surface area contributed by atoms with E-state index in [9.17, 15) is 0 Å². The molecular weight excluding hydrogens is 240 g/mol. The summed E-state index contributed by atoms with van der Waals surface area (Å²) < 4.78 is 6.93. The van der Waals surface area contributed by atoms with Crippen LogP contribution in [-0.2, 0) is 4.74 Å². The minimum Gasteiger partial charge on any atom is -0.365 e. The Bertz CT molecular complexity index is 480. The van der Waals surface area contributed by atoms with E-state index < -0.39 is 0 Å². The summed E-state index contributed by atoms with van der Waals surface area (Å²) in [6, 6.07) is 6.31. The molecule has 1 aliphatic rings. The number of fused-ring (bicyclic) bond motifs is 1. The Morgan fingerprint density at radius 2 is 2.50 bits per heavy atom. The van der Waals surface area contributed by atoms with Crippen molar-refractivity contribution in [3.05, 3.63) is 23.7 Å². The molecule has 16 heavy (non-hydrogen) atoms. The van der Waals surface area contributed by atoms with Crippen LogP contribution in [0.4, 0.5) is 0 Å². The van der Waals surface area contributed by atoms with Gasteiger partial charge in [-0.25, -0.2) is 4.98 Å². The highest BCUT2D eigenvalue weighted by Gasteiger charge is 2.16. The van der Waals surface area contributed by atoms with Crippen LogP contribution in [0.2, 0.25) is 0 Å². The molecule has 84 valence electrons. The molecule has 3 nitrogen and oxygen atoms in total. The molecule has 1 atom stereocenters. The summed E-state index contributed by atoms with van der Waals surface area (Å²) in [6.07, 6.45) is 0. The maximum absolute atomic E-state index is 5.68. The van der Waals surface area contributed by atoms with E-state index in [2.05, 4.69) is 28.5 Å². The Morgan fingerprint density at radius 3 is 3.38 bits per heavy atom. The molecule has 2 aromatic rings. The van der Waals surface area contributed by atoms with Crippen molar-refractivity contribution in [2.75, 3.05) is 19.7 Å². The van der Waals surface area contributed by atoms with Crippen molar-refractivity contribution in [3.8, 4) is 0 Å². The van der Waals surface area contributed by atoms with Crippen LogP contribution in [0.5, 0.6) is 0 Å². The first kappa shape index (κ1) is 10.5. The number of hydrogen-bond acceptors (Lipinski definition) is 5. The number of hydrogen-bond donors (Lipinski definition) is 1. The summed E-state index contributed by atoms with van der Waals surface area (Å²) in [5, 5.41) is 3.33. The third-order valence-corrected chi connectivity index (χ3v) is 4.42. The topological polar surface area (TPSA) is 34.1 Å². The van der Waals surface area contributed by atoms with Crippen LogP contribution in [0.3, 0.4) is 0 Å². The average molecular weight is 252 g/mol. The fraction of sp³-hybridized carbons (Fsp3) is 0.364. The van der Waals surface area contributed by atoms with Gasteiger partial charge in [-0.3, -0.25) is 0 Å². The molecule has 0 spiro atoms. The lowest BCUT2D eigenvalue weighted by Crippen LogP contribution is -2.36. The number of thiazole rings is 1. The third-order valence-electron chi connectivity index (χ3n) is 2.48. The maximum Gasteiger partial charge on any atom is 0.120 e. The second kappa shape index (κ2) is 4.71. The standard InChI is InChI=1S/C11H12N2OS2/c1-2-8-11(13-7-15-8)9(3-1)16-10-6-12-4-5-14-10/h1-3,7,10,12H,4-6H2. The molecule has 0 aliphatic carbocycles. The van der Waals surface area contributed by atoms with Gasteiger partial charge in [-0.15, -0.1) is 11.3 Å². The Kier molecular flexibility index (Phi) is 3.10. The Labute approximate surface area is 102 Å². The molecule has 2 heterocycles. The lowest BCUT2D eigenvalue weighted by atomic mass is 10.3. The number of thioether (sulfide) groups is 1. The van der Waals surface area contributed by atoms with Crippen molar-refractivity contribution >= 4 is 33.3 Å². The van der Waals surface area contributed by atoms with E-state index in [1.54, 1.807) is 23.1 Å². The van der Waals surface area contributed by atoms with Gasteiger partial charge >= 0.3 is 0 Å². The number of morpholine rings is 1.